The number of rotatable bonds is 0. The third kappa shape index (κ3) is 8.07. The molecule has 0 fully saturated rings. The zero-order valence-electron chi connectivity index (χ0n) is 20.8. The van der Waals surface area contributed by atoms with E-state index >= 15 is 0 Å². The van der Waals surface area contributed by atoms with Gasteiger partial charge in [-0.1, -0.05) is 136 Å². The molecule has 0 atom stereocenters. The fraction of sp³-hybridized carbons (Fsp3) is 0.226. The molecule has 0 aliphatic rings. The number of nitrogens with zero attached hydrogens (tertiary/aromatic N) is 1. The molecule has 0 bridgehead atoms. The number of benzene rings is 4. The minimum atomic E-state index is 1.30. The van der Waals surface area contributed by atoms with E-state index < -0.39 is 0 Å². The second-order valence-electron chi connectivity index (χ2n) is 6.90. The van der Waals surface area contributed by atoms with Crippen LogP contribution in [0.5, 0.6) is 0 Å². The van der Waals surface area contributed by atoms with Gasteiger partial charge in [-0.2, -0.15) is 0 Å². The third-order valence-electron chi connectivity index (χ3n) is 4.71. The monoisotopic (exact) mass is 425 g/mol. The van der Waals surface area contributed by atoms with E-state index in [1.165, 1.54) is 32.9 Å². The average molecular weight is 426 g/mol. The largest absolute Gasteiger partial charge is 0.344 e. The van der Waals surface area contributed by atoms with Gasteiger partial charge in [0.2, 0.25) is 0 Å². The van der Waals surface area contributed by atoms with Gasteiger partial charge >= 0.3 is 0 Å². The molecule has 0 saturated heterocycles. The summed E-state index contributed by atoms with van der Waals surface area (Å²) in [6.07, 6.45) is 0. The topological polar surface area (TPSA) is 4.93 Å². The van der Waals surface area contributed by atoms with Gasteiger partial charge in [0, 0.05) is 28.9 Å². The van der Waals surface area contributed by atoms with Crippen molar-refractivity contribution < 1.29 is 0 Å². The second-order valence-corrected chi connectivity index (χ2v) is 6.90. The maximum Gasteiger partial charge on any atom is 0.0488 e. The molecule has 0 spiro atoms. The van der Waals surface area contributed by atoms with Crippen molar-refractivity contribution in [1.82, 2.24) is 4.57 Å². The van der Waals surface area contributed by atoms with Gasteiger partial charge in [0.25, 0.3) is 0 Å². The molecule has 0 radical (unpaired) electrons. The molecule has 5 aromatic rings. The minimum absolute atomic E-state index is 1.30. The first-order chi connectivity index (χ1) is 15.7. The third-order valence-corrected chi connectivity index (χ3v) is 4.71. The first-order valence-corrected chi connectivity index (χ1v) is 11.6. The van der Waals surface area contributed by atoms with E-state index in [1.807, 2.05) is 64.1 Å². The van der Waals surface area contributed by atoms with Crippen LogP contribution in [0.25, 0.3) is 21.8 Å². The summed E-state index contributed by atoms with van der Waals surface area (Å²) in [5.74, 6) is 0. The van der Waals surface area contributed by atoms with Crippen LogP contribution < -0.4 is 0 Å². The molecule has 0 aliphatic carbocycles. The Morgan fingerprint density at radius 3 is 1.00 bits per heavy atom. The van der Waals surface area contributed by atoms with Crippen LogP contribution in [0.15, 0.2) is 109 Å². The highest BCUT2D eigenvalue weighted by Gasteiger charge is 2.04. The second kappa shape index (κ2) is 15.5. The molecule has 0 amide bonds. The van der Waals surface area contributed by atoms with Crippen LogP contribution in [0.4, 0.5) is 0 Å². The van der Waals surface area contributed by atoms with E-state index in [0.29, 0.717) is 0 Å². The van der Waals surface area contributed by atoms with Crippen LogP contribution in [-0.4, -0.2) is 4.57 Å². The fourth-order valence-corrected chi connectivity index (χ4v) is 3.14. The number of aryl methyl sites for hydroxylation is 3. The molecule has 5 rings (SSSR count). The van der Waals surface area contributed by atoms with Crippen molar-refractivity contribution in [3.63, 3.8) is 0 Å². The summed E-state index contributed by atoms with van der Waals surface area (Å²) in [5, 5.41) is 2.68. The number of aromatic nitrogens is 1. The molecular formula is C31H39N. The molecule has 4 aromatic carbocycles. The van der Waals surface area contributed by atoms with Gasteiger partial charge in [-0.25, -0.2) is 0 Å². The Morgan fingerprint density at radius 2 is 0.688 bits per heavy atom. The maximum absolute atomic E-state index is 2.24. The van der Waals surface area contributed by atoms with Gasteiger partial charge in [0.05, 0.1) is 0 Å². The van der Waals surface area contributed by atoms with Gasteiger partial charge in [-0.3, -0.25) is 0 Å². The lowest BCUT2D eigenvalue weighted by atomic mass is 10.2. The predicted octanol–water partition coefficient (Wildman–Crippen LogP) is 9.37. The van der Waals surface area contributed by atoms with Crippen LogP contribution in [0.3, 0.4) is 0 Å². The summed E-state index contributed by atoms with van der Waals surface area (Å²) in [4.78, 5) is 0. The quantitative estimate of drug-likeness (QED) is 0.233. The van der Waals surface area contributed by atoms with E-state index in [1.54, 1.807) is 0 Å². The Labute approximate surface area is 195 Å². The summed E-state index contributed by atoms with van der Waals surface area (Å²) in [6.45, 7) is 12.2. The molecule has 168 valence electrons. The summed E-state index contributed by atoms with van der Waals surface area (Å²) < 4.78 is 2.24. The molecule has 32 heavy (non-hydrogen) atoms. The Balaban J connectivity index is 0.000000243. The molecule has 1 nitrogen and oxygen atoms in total. The number of fused-ring (bicyclic) bond motifs is 3. The molecule has 0 unspecified atom stereocenters. The normalized spacial score (nSPS) is 9.09. The van der Waals surface area contributed by atoms with Crippen LogP contribution in [0.1, 0.15) is 38.8 Å². The lowest BCUT2D eigenvalue weighted by Gasteiger charge is -1.95. The lowest BCUT2D eigenvalue weighted by molar-refractivity contribution is 1.01. The van der Waals surface area contributed by atoms with Crippen molar-refractivity contribution >= 4 is 21.8 Å². The van der Waals surface area contributed by atoms with Crippen LogP contribution in [0, 0.1) is 13.8 Å². The Morgan fingerprint density at radius 1 is 0.406 bits per heavy atom. The van der Waals surface area contributed by atoms with Crippen molar-refractivity contribution in [2.75, 3.05) is 0 Å². The van der Waals surface area contributed by atoms with E-state index in [4.69, 9.17) is 0 Å². The Bertz CT molecular complexity index is 1020. The van der Waals surface area contributed by atoms with Crippen molar-refractivity contribution in [3.05, 3.63) is 120 Å². The molecule has 0 aliphatic heterocycles. The highest BCUT2D eigenvalue weighted by Crippen LogP contribution is 2.27. The Hall–Kier alpha value is -3.32. The van der Waals surface area contributed by atoms with Gasteiger partial charge < -0.3 is 4.57 Å². The fourth-order valence-electron chi connectivity index (χ4n) is 3.14. The highest BCUT2D eigenvalue weighted by atomic mass is 14.9. The number of para-hydroxylation sites is 2. The van der Waals surface area contributed by atoms with E-state index in [0.717, 1.165) is 0 Å². The van der Waals surface area contributed by atoms with Crippen molar-refractivity contribution in [1.29, 1.82) is 0 Å². The van der Waals surface area contributed by atoms with Crippen LogP contribution >= 0.6 is 0 Å². The first kappa shape index (κ1) is 26.7. The van der Waals surface area contributed by atoms with Crippen molar-refractivity contribution in [2.45, 2.75) is 41.5 Å². The molecule has 1 heterocycles. The Kier molecular flexibility index (Phi) is 12.9. The summed E-state index contributed by atoms with van der Waals surface area (Å²) in [5.41, 5.74) is 5.26. The van der Waals surface area contributed by atoms with Gasteiger partial charge in [-0.05, 0) is 26.0 Å². The average Bonchev–Trinajstić information content (AvgIpc) is 3.18. The van der Waals surface area contributed by atoms with E-state index in [-0.39, 0.29) is 0 Å². The van der Waals surface area contributed by atoms with Crippen LogP contribution in [0.2, 0.25) is 0 Å². The van der Waals surface area contributed by atoms with Crippen molar-refractivity contribution in [3.8, 4) is 0 Å². The smallest absolute Gasteiger partial charge is 0.0488 e. The van der Waals surface area contributed by atoms with Gasteiger partial charge in [-0.15, -0.1) is 0 Å². The first-order valence-electron chi connectivity index (χ1n) is 11.6. The molecule has 0 N–H and O–H groups in total. The maximum atomic E-state index is 2.24. The standard InChI is InChI=1S/C13H11N.C8H10.C6H6.2C2H6/c1-14-12-8-4-2-6-10(12)11-7-3-5-9-13(11)14;1-7-3-5-8(2)6-4-7;1-2-4-6-5-3-1;2*1-2/h2-9H,1H3;3-6H,1-2H3;1-6H;2*1-2H3. The summed E-state index contributed by atoms with van der Waals surface area (Å²) in [6, 6.07) is 37.5. The predicted molar refractivity (Wildman–Crippen MR) is 145 cm³/mol. The number of hydrogen-bond acceptors (Lipinski definition) is 0. The highest BCUT2D eigenvalue weighted by molar-refractivity contribution is 6.07. The molecular weight excluding hydrogens is 386 g/mol. The SMILES string of the molecule is CC.CC.Cc1ccc(C)cc1.Cn1c2ccccc2c2ccccc21.c1ccccc1. The lowest BCUT2D eigenvalue weighted by Crippen LogP contribution is -1.84. The summed E-state index contributed by atoms with van der Waals surface area (Å²) >= 11 is 0. The summed E-state index contributed by atoms with van der Waals surface area (Å²) in [7, 11) is 2.12. The zero-order valence-corrected chi connectivity index (χ0v) is 20.8. The van der Waals surface area contributed by atoms with Gasteiger partial charge in [0.15, 0.2) is 0 Å². The zero-order chi connectivity index (χ0) is 23.8. The van der Waals surface area contributed by atoms with E-state index in [9.17, 15) is 0 Å². The minimum Gasteiger partial charge on any atom is -0.344 e. The van der Waals surface area contributed by atoms with Crippen molar-refractivity contribution in [2.24, 2.45) is 7.05 Å². The molecule has 1 heteroatoms. The molecule has 1 aromatic heterocycles. The number of hydrogen-bond donors (Lipinski definition) is 0. The van der Waals surface area contributed by atoms with E-state index in [2.05, 4.69) is 98.3 Å². The van der Waals surface area contributed by atoms with Crippen LogP contribution in [-0.2, 0) is 7.05 Å². The molecule has 0 saturated carbocycles. The van der Waals surface area contributed by atoms with Gasteiger partial charge in [0.1, 0.15) is 0 Å².